The molecule has 0 aliphatic heterocycles. The third-order valence-corrected chi connectivity index (χ3v) is 3.69. The molecule has 4 heteroatoms. The molecule has 0 atom stereocenters. The minimum Gasteiger partial charge on any atom is -0.326 e. The second kappa shape index (κ2) is 4.67. The summed E-state index contributed by atoms with van der Waals surface area (Å²) in [7, 11) is 0. The summed E-state index contributed by atoms with van der Waals surface area (Å²) in [6.07, 6.45) is 0. The average molecular weight is 266 g/mol. The van der Waals surface area contributed by atoms with Gasteiger partial charge in [0.05, 0.1) is 0 Å². The van der Waals surface area contributed by atoms with Crippen molar-refractivity contribution in [2.24, 2.45) is 11.5 Å². The quantitative estimate of drug-likeness (QED) is 0.733. The number of hydrogen-bond acceptors (Lipinski definition) is 4. The van der Waals surface area contributed by atoms with Crippen LogP contribution in [0.5, 0.6) is 0 Å². The third-order valence-electron chi connectivity index (χ3n) is 3.69. The van der Waals surface area contributed by atoms with Gasteiger partial charge in [0.15, 0.2) is 11.6 Å². The van der Waals surface area contributed by atoms with Crippen molar-refractivity contribution in [2.45, 2.75) is 13.1 Å². The van der Waals surface area contributed by atoms with Crippen LogP contribution in [0, 0.1) is 0 Å². The van der Waals surface area contributed by atoms with Crippen molar-refractivity contribution in [2.75, 3.05) is 0 Å². The molecule has 0 unspecified atom stereocenters. The number of carbonyl (C=O) groups excluding carboxylic acids is 2. The molecular formula is C16H14N2O2. The zero-order valence-electron chi connectivity index (χ0n) is 10.8. The first kappa shape index (κ1) is 12.7. The van der Waals surface area contributed by atoms with Crippen molar-refractivity contribution < 1.29 is 9.59 Å². The lowest BCUT2D eigenvalue weighted by Crippen LogP contribution is -2.25. The van der Waals surface area contributed by atoms with E-state index in [-0.39, 0.29) is 24.7 Å². The number of hydrogen-bond donors (Lipinski definition) is 2. The summed E-state index contributed by atoms with van der Waals surface area (Å²) in [6, 6.07) is 10.4. The summed E-state index contributed by atoms with van der Waals surface area (Å²) in [5.41, 5.74) is 14.5. The van der Waals surface area contributed by atoms with Crippen molar-refractivity contribution in [1.29, 1.82) is 0 Å². The largest absolute Gasteiger partial charge is 0.326 e. The second-order valence-corrected chi connectivity index (χ2v) is 4.75. The molecule has 3 rings (SSSR count). The molecule has 1 aliphatic carbocycles. The molecule has 0 bridgehead atoms. The fourth-order valence-corrected chi connectivity index (χ4v) is 2.70. The van der Waals surface area contributed by atoms with Crippen LogP contribution in [-0.2, 0) is 13.1 Å². The van der Waals surface area contributed by atoms with E-state index >= 15 is 0 Å². The average Bonchev–Trinajstić information content (AvgIpc) is 2.51. The van der Waals surface area contributed by atoms with Gasteiger partial charge in [0.1, 0.15) is 0 Å². The molecule has 0 radical (unpaired) electrons. The lowest BCUT2D eigenvalue weighted by atomic mass is 9.79. The summed E-state index contributed by atoms with van der Waals surface area (Å²) in [5, 5.41) is 0. The van der Waals surface area contributed by atoms with Crippen LogP contribution in [0.2, 0.25) is 0 Å². The first-order chi connectivity index (χ1) is 9.69. The number of fused-ring (bicyclic) bond motifs is 2. The summed E-state index contributed by atoms with van der Waals surface area (Å²) in [4.78, 5) is 25.3. The SMILES string of the molecule is NCc1ccc(CN)c2c1C(=O)c1ccccc1C2=O. The Kier molecular flexibility index (Phi) is 2.97. The highest BCUT2D eigenvalue weighted by Gasteiger charge is 2.32. The van der Waals surface area contributed by atoms with Gasteiger partial charge in [-0.25, -0.2) is 0 Å². The number of nitrogens with two attached hydrogens (primary N) is 2. The van der Waals surface area contributed by atoms with Gasteiger partial charge in [-0.05, 0) is 11.1 Å². The Morgan fingerprint density at radius 1 is 0.700 bits per heavy atom. The Bertz CT molecular complexity index is 673. The molecular weight excluding hydrogens is 252 g/mol. The molecule has 0 saturated heterocycles. The van der Waals surface area contributed by atoms with Gasteiger partial charge in [-0.1, -0.05) is 36.4 Å². The van der Waals surface area contributed by atoms with Crippen LogP contribution in [-0.4, -0.2) is 11.6 Å². The molecule has 2 aromatic rings. The summed E-state index contributed by atoms with van der Waals surface area (Å²) in [5.74, 6) is -0.295. The lowest BCUT2D eigenvalue weighted by Gasteiger charge is -2.22. The molecule has 2 aromatic carbocycles. The van der Waals surface area contributed by atoms with Crippen LogP contribution in [0.4, 0.5) is 0 Å². The fraction of sp³-hybridized carbons (Fsp3) is 0.125. The first-order valence-electron chi connectivity index (χ1n) is 6.42. The van der Waals surface area contributed by atoms with Crippen molar-refractivity contribution in [3.05, 3.63) is 69.8 Å². The van der Waals surface area contributed by atoms with E-state index in [1.807, 2.05) is 0 Å². The van der Waals surface area contributed by atoms with Gasteiger partial charge in [-0.15, -0.1) is 0 Å². The van der Waals surface area contributed by atoms with Gasteiger partial charge in [0.2, 0.25) is 0 Å². The Morgan fingerprint density at radius 2 is 1.10 bits per heavy atom. The van der Waals surface area contributed by atoms with E-state index in [9.17, 15) is 9.59 Å². The molecule has 0 saturated carbocycles. The Balaban J connectivity index is 2.37. The van der Waals surface area contributed by atoms with Gasteiger partial charge in [-0.2, -0.15) is 0 Å². The van der Waals surface area contributed by atoms with E-state index in [2.05, 4.69) is 0 Å². The van der Waals surface area contributed by atoms with Crippen molar-refractivity contribution >= 4 is 11.6 Å². The summed E-state index contributed by atoms with van der Waals surface area (Å²) >= 11 is 0. The second-order valence-electron chi connectivity index (χ2n) is 4.75. The Labute approximate surface area is 116 Å². The van der Waals surface area contributed by atoms with Gasteiger partial charge in [0.25, 0.3) is 0 Å². The molecule has 4 N–H and O–H groups in total. The fourth-order valence-electron chi connectivity index (χ4n) is 2.70. The highest BCUT2D eigenvalue weighted by Crippen LogP contribution is 2.31. The zero-order chi connectivity index (χ0) is 14.3. The van der Waals surface area contributed by atoms with E-state index in [4.69, 9.17) is 11.5 Å². The van der Waals surface area contributed by atoms with Crippen LogP contribution in [0.1, 0.15) is 43.0 Å². The number of carbonyl (C=O) groups is 2. The van der Waals surface area contributed by atoms with Crippen LogP contribution in [0.25, 0.3) is 0 Å². The van der Waals surface area contributed by atoms with Crippen molar-refractivity contribution in [3.8, 4) is 0 Å². The monoisotopic (exact) mass is 266 g/mol. The normalized spacial score (nSPS) is 13.1. The minimum atomic E-state index is -0.147. The number of benzene rings is 2. The van der Waals surface area contributed by atoms with E-state index in [0.29, 0.717) is 33.4 Å². The maximum atomic E-state index is 12.7. The van der Waals surface area contributed by atoms with Crippen LogP contribution in [0.3, 0.4) is 0 Å². The topological polar surface area (TPSA) is 86.2 Å². The predicted molar refractivity (Wildman–Crippen MR) is 75.5 cm³/mol. The standard InChI is InChI=1S/C16H14N2O2/c17-7-9-5-6-10(8-18)14-13(9)15(19)11-3-1-2-4-12(11)16(14)20/h1-6H,7-8,17-18H2. The lowest BCUT2D eigenvalue weighted by molar-refractivity contribution is 0.0977. The van der Waals surface area contributed by atoms with Crippen LogP contribution >= 0.6 is 0 Å². The maximum Gasteiger partial charge on any atom is 0.194 e. The molecule has 100 valence electrons. The Morgan fingerprint density at radius 3 is 1.45 bits per heavy atom. The van der Waals surface area contributed by atoms with E-state index in [1.165, 1.54) is 0 Å². The summed E-state index contributed by atoms with van der Waals surface area (Å²) < 4.78 is 0. The predicted octanol–water partition coefficient (Wildman–Crippen LogP) is 1.38. The van der Waals surface area contributed by atoms with Crippen LogP contribution < -0.4 is 11.5 Å². The van der Waals surface area contributed by atoms with Gasteiger partial charge < -0.3 is 11.5 Å². The molecule has 0 amide bonds. The van der Waals surface area contributed by atoms with Gasteiger partial charge in [0, 0.05) is 35.3 Å². The maximum absolute atomic E-state index is 12.7. The molecule has 0 fully saturated rings. The molecule has 0 aromatic heterocycles. The third kappa shape index (κ3) is 1.62. The number of ketones is 2. The van der Waals surface area contributed by atoms with Gasteiger partial charge in [-0.3, -0.25) is 9.59 Å². The minimum absolute atomic E-state index is 0.147. The van der Waals surface area contributed by atoms with Crippen molar-refractivity contribution in [3.63, 3.8) is 0 Å². The smallest absolute Gasteiger partial charge is 0.194 e. The van der Waals surface area contributed by atoms with E-state index in [1.54, 1.807) is 36.4 Å². The summed E-state index contributed by atoms with van der Waals surface area (Å²) in [6.45, 7) is 0.433. The first-order valence-corrected chi connectivity index (χ1v) is 6.42. The molecule has 4 nitrogen and oxygen atoms in total. The highest BCUT2D eigenvalue weighted by atomic mass is 16.1. The van der Waals surface area contributed by atoms with Crippen LogP contribution in [0.15, 0.2) is 36.4 Å². The molecule has 1 aliphatic rings. The molecule has 0 heterocycles. The zero-order valence-corrected chi connectivity index (χ0v) is 10.8. The number of rotatable bonds is 2. The molecule has 0 spiro atoms. The van der Waals surface area contributed by atoms with E-state index in [0.717, 1.165) is 0 Å². The molecule has 20 heavy (non-hydrogen) atoms. The van der Waals surface area contributed by atoms with Crippen molar-refractivity contribution in [1.82, 2.24) is 0 Å². The Hall–Kier alpha value is -2.30. The van der Waals surface area contributed by atoms with Gasteiger partial charge >= 0.3 is 0 Å². The highest BCUT2D eigenvalue weighted by molar-refractivity contribution is 6.29. The van der Waals surface area contributed by atoms with E-state index < -0.39 is 0 Å².